The fourth-order valence-electron chi connectivity index (χ4n) is 4.22. The van der Waals surface area contributed by atoms with Crippen LogP contribution in [0.3, 0.4) is 0 Å². The lowest BCUT2D eigenvalue weighted by molar-refractivity contribution is -0.173. The lowest BCUT2D eigenvalue weighted by Gasteiger charge is -2.36. The Labute approximate surface area is 124 Å². The van der Waals surface area contributed by atoms with Gasteiger partial charge in [0.1, 0.15) is 0 Å². The Hall–Kier alpha value is -1.84. The Balaban J connectivity index is 2.02. The van der Waals surface area contributed by atoms with Crippen molar-refractivity contribution in [3.05, 3.63) is 35.4 Å². The van der Waals surface area contributed by atoms with Crippen molar-refractivity contribution >= 4 is 11.9 Å². The van der Waals surface area contributed by atoms with Crippen LogP contribution in [0.1, 0.15) is 24.0 Å². The van der Waals surface area contributed by atoms with E-state index >= 15 is 0 Å². The molecule has 2 aliphatic carbocycles. The van der Waals surface area contributed by atoms with Crippen LogP contribution in [-0.2, 0) is 31.9 Å². The third-order valence-electron chi connectivity index (χ3n) is 5.25. The van der Waals surface area contributed by atoms with Gasteiger partial charge < -0.3 is 9.47 Å². The average molecular weight is 288 g/mol. The van der Waals surface area contributed by atoms with Crippen molar-refractivity contribution in [2.75, 3.05) is 14.2 Å². The van der Waals surface area contributed by atoms with Gasteiger partial charge >= 0.3 is 11.9 Å². The molecule has 1 fully saturated rings. The maximum absolute atomic E-state index is 12.4. The largest absolute Gasteiger partial charge is 0.468 e. The molecule has 0 heterocycles. The van der Waals surface area contributed by atoms with Gasteiger partial charge in [0.15, 0.2) is 5.41 Å². The molecule has 1 aromatic rings. The number of esters is 2. The monoisotopic (exact) mass is 288 g/mol. The first-order valence-corrected chi connectivity index (χ1v) is 7.37. The minimum atomic E-state index is -1.12. The molecule has 0 bridgehead atoms. The van der Waals surface area contributed by atoms with E-state index in [2.05, 4.69) is 12.1 Å². The number of carbonyl (C=O) groups is 2. The normalized spacial score (nSPS) is 25.6. The van der Waals surface area contributed by atoms with Crippen molar-refractivity contribution in [3.63, 3.8) is 0 Å². The highest BCUT2D eigenvalue weighted by Gasteiger charge is 2.61. The zero-order valence-corrected chi connectivity index (χ0v) is 12.4. The van der Waals surface area contributed by atoms with Gasteiger partial charge in [-0.15, -0.1) is 0 Å². The zero-order chi connectivity index (χ0) is 15.0. The Morgan fingerprint density at radius 3 is 2.19 bits per heavy atom. The predicted molar refractivity (Wildman–Crippen MR) is 76.5 cm³/mol. The SMILES string of the molecule is COC(=O)C1(C(=O)OC)CCC2Cc3ccccc3CC21. The molecular weight excluding hydrogens is 268 g/mol. The van der Waals surface area contributed by atoms with E-state index in [1.165, 1.54) is 25.3 Å². The molecule has 0 radical (unpaired) electrons. The van der Waals surface area contributed by atoms with Crippen molar-refractivity contribution < 1.29 is 19.1 Å². The first-order valence-electron chi connectivity index (χ1n) is 7.37. The van der Waals surface area contributed by atoms with Crippen LogP contribution in [-0.4, -0.2) is 26.2 Å². The van der Waals surface area contributed by atoms with Crippen LogP contribution in [0.25, 0.3) is 0 Å². The lowest BCUT2D eigenvalue weighted by atomic mass is 9.67. The van der Waals surface area contributed by atoms with Gasteiger partial charge in [0.05, 0.1) is 14.2 Å². The van der Waals surface area contributed by atoms with Crippen molar-refractivity contribution in [2.24, 2.45) is 17.3 Å². The Kier molecular flexibility index (Phi) is 3.47. The molecule has 21 heavy (non-hydrogen) atoms. The molecule has 0 spiro atoms. The number of hydrogen-bond donors (Lipinski definition) is 0. The van der Waals surface area contributed by atoms with E-state index < -0.39 is 17.4 Å². The third-order valence-corrected chi connectivity index (χ3v) is 5.25. The van der Waals surface area contributed by atoms with Gasteiger partial charge in [0.2, 0.25) is 0 Å². The molecule has 1 saturated carbocycles. The Bertz CT molecular complexity index is 562. The van der Waals surface area contributed by atoms with Crippen molar-refractivity contribution in [1.29, 1.82) is 0 Å². The number of carbonyl (C=O) groups excluding carboxylic acids is 2. The number of methoxy groups -OCH3 is 2. The summed E-state index contributed by atoms with van der Waals surface area (Å²) in [5.74, 6) is -0.562. The van der Waals surface area contributed by atoms with Crippen LogP contribution in [0.15, 0.2) is 24.3 Å². The van der Waals surface area contributed by atoms with Gasteiger partial charge in [-0.25, -0.2) is 0 Å². The molecule has 112 valence electrons. The molecule has 1 aromatic carbocycles. The molecule has 4 nitrogen and oxygen atoms in total. The van der Waals surface area contributed by atoms with Gasteiger partial charge in [-0.2, -0.15) is 0 Å². The van der Waals surface area contributed by atoms with Crippen LogP contribution in [0.5, 0.6) is 0 Å². The summed E-state index contributed by atoms with van der Waals surface area (Å²) >= 11 is 0. The standard InChI is InChI=1S/C17H20O4/c1-20-15(18)17(16(19)21-2)8-7-13-9-11-5-3-4-6-12(11)10-14(13)17/h3-6,13-14H,7-10H2,1-2H3. The highest BCUT2D eigenvalue weighted by Crippen LogP contribution is 2.53. The smallest absolute Gasteiger partial charge is 0.323 e. The van der Waals surface area contributed by atoms with E-state index in [0.29, 0.717) is 12.3 Å². The van der Waals surface area contributed by atoms with Gasteiger partial charge in [-0.3, -0.25) is 9.59 Å². The molecule has 4 heteroatoms. The summed E-state index contributed by atoms with van der Waals surface area (Å²) in [4.78, 5) is 24.8. The molecule has 2 aliphatic rings. The molecule has 3 rings (SSSR count). The first kappa shape index (κ1) is 14.1. The third kappa shape index (κ3) is 1.96. The van der Waals surface area contributed by atoms with Gasteiger partial charge in [-0.05, 0) is 48.6 Å². The second-order valence-electron chi connectivity index (χ2n) is 6.04. The summed E-state index contributed by atoms with van der Waals surface area (Å²) in [6, 6.07) is 8.28. The van der Waals surface area contributed by atoms with Crippen LogP contribution < -0.4 is 0 Å². The Morgan fingerprint density at radius 1 is 1.05 bits per heavy atom. The summed E-state index contributed by atoms with van der Waals surface area (Å²) in [6.07, 6.45) is 3.06. The molecule has 0 saturated heterocycles. The van der Waals surface area contributed by atoms with Gasteiger partial charge in [0, 0.05) is 0 Å². The molecule has 2 atom stereocenters. The number of fused-ring (bicyclic) bond motifs is 2. The quantitative estimate of drug-likeness (QED) is 0.618. The van der Waals surface area contributed by atoms with E-state index in [1.807, 2.05) is 12.1 Å². The second kappa shape index (κ2) is 5.17. The van der Waals surface area contributed by atoms with Gasteiger partial charge in [-0.1, -0.05) is 24.3 Å². The maximum Gasteiger partial charge on any atom is 0.323 e. The minimum absolute atomic E-state index is 0.0210. The average Bonchev–Trinajstić information content (AvgIpc) is 2.90. The molecule has 0 aliphatic heterocycles. The summed E-state index contributed by atoms with van der Waals surface area (Å²) in [6.45, 7) is 0. The highest BCUT2D eigenvalue weighted by atomic mass is 16.5. The molecule has 0 N–H and O–H groups in total. The number of rotatable bonds is 2. The molecule has 2 unspecified atom stereocenters. The predicted octanol–water partition coefficient (Wildman–Crippen LogP) is 2.14. The van der Waals surface area contributed by atoms with E-state index in [-0.39, 0.29) is 5.92 Å². The summed E-state index contributed by atoms with van der Waals surface area (Å²) in [7, 11) is 2.69. The number of hydrogen-bond acceptors (Lipinski definition) is 4. The van der Waals surface area contributed by atoms with Crippen LogP contribution in [0, 0.1) is 17.3 Å². The van der Waals surface area contributed by atoms with Crippen LogP contribution in [0.4, 0.5) is 0 Å². The lowest BCUT2D eigenvalue weighted by Crippen LogP contribution is -2.47. The number of benzene rings is 1. The van der Waals surface area contributed by atoms with Gasteiger partial charge in [0.25, 0.3) is 0 Å². The second-order valence-corrected chi connectivity index (χ2v) is 6.04. The summed E-state index contributed by atoms with van der Waals surface area (Å²) in [5, 5.41) is 0. The molecular formula is C17H20O4. The summed E-state index contributed by atoms with van der Waals surface area (Å²) < 4.78 is 9.92. The van der Waals surface area contributed by atoms with E-state index in [1.54, 1.807) is 0 Å². The van der Waals surface area contributed by atoms with Crippen molar-refractivity contribution in [2.45, 2.75) is 25.7 Å². The maximum atomic E-state index is 12.4. The molecule has 0 amide bonds. The molecule has 0 aromatic heterocycles. The first-order chi connectivity index (χ1) is 10.1. The van der Waals surface area contributed by atoms with E-state index in [9.17, 15) is 9.59 Å². The van der Waals surface area contributed by atoms with Crippen LogP contribution >= 0.6 is 0 Å². The van der Waals surface area contributed by atoms with Crippen molar-refractivity contribution in [3.8, 4) is 0 Å². The minimum Gasteiger partial charge on any atom is -0.468 e. The zero-order valence-electron chi connectivity index (χ0n) is 12.4. The van der Waals surface area contributed by atoms with Crippen LogP contribution in [0.2, 0.25) is 0 Å². The fraction of sp³-hybridized carbons (Fsp3) is 0.529. The van der Waals surface area contributed by atoms with E-state index in [4.69, 9.17) is 9.47 Å². The Morgan fingerprint density at radius 2 is 1.62 bits per heavy atom. The number of ether oxygens (including phenoxy) is 2. The fourth-order valence-corrected chi connectivity index (χ4v) is 4.22. The highest BCUT2D eigenvalue weighted by molar-refractivity contribution is 6.01. The van der Waals surface area contributed by atoms with Crippen molar-refractivity contribution in [1.82, 2.24) is 0 Å². The summed E-state index contributed by atoms with van der Waals surface area (Å²) in [5.41, 5.74) is 1.45. The topological polar surface area (TPSA) is 52.6 Å². The van der Waals surface area contributed by atoms with E-state index in [0.717, 1.165) is 19.3 Å².